The second-order valence-corrected chi connectivity index (χ2v) is 4.78. The van der Waals surface area contributed by atoms with E-state index in [1.54, 1.807) is 35.1 Å². The summed E-state index contributed by atoms with van der Waals surface area (Å²) in [7, 11) is 0. The normalized spacial score (nSPS) is 10.7. The second kappa shape index (κ2) is 4.98. The Morgan fingerprint density at radius 1 is 1.00 bits per heavy atom. The Hall–Kier alpha value is -2.33. The lowest BCUT2D eigenvalue weighted by Crippen LogP contribution is -2.01. The molecule has 2 aromatic carbocycles. The van der Waals surface area contributed by atoms with Crippen molar-refractivity contribution in [2.75, 3.05) is 5.73 Å². The molecule has 0 atom stereocenters. The summed E-state index contributed by atoms with van der Waals surface area (Å²) in [6.07, 6.45) is 1.66. The number of aromatic nitrogens is 2. The van der Waals surface area contributed by atoms with Crippen LogP contribution in [0.4, 0.5) is 10.2 Å². The summed E-state index contributed by atoms with van der Waals surface area (Å²) in [5, 5.41) is 4.92. The van der Waals surface area contributed by atoms with E-state index in [1.165, 1.54) is 12.1 Å². The van der Waals surface area contributed by atoms with Crippen LogP contribution in [0.15, 0.2) is 54.7 Å². The van der Waals surface area contributed by atoms with Gasteiger partial charge in [-0.3, -0.25) is 0 Å². The minimum absolute atomic E-state index is 0.280. The highest BCUT2D eigenvalue weighted by Gasteiger charge is 2.10. The first-order valence-corrected chi connectivity index (χ1v) is 6.38. The molecule has 3 rings (SSSR count). The maximum atomic E-state index is 12.9. The van der Waals surface area contributed by atoms with Gasteiger partial charge in [-0.1, -0.05) is 23.7 Å². The van der Waals surface area contributed by atoms with E-state index in [4.69, 9.17) is 17.3 Å². The zero-order valence-corrected chi connectivity index (χ0v) is 11.2. The number of hydrogen-bond acceptors (Lipinski definition) is 2. The minimum Gasteiger partial charge on any atom is -0.383 e. The van der Waals surface area contributed by atoms with Crippen molar-refractivity contribution in [1.29, 1.82) is 0 Å². The number of nitrogens with zero attached hydrogens (tertiary/aromatic N) is 2. The van der Waals surface area contributed by atoms with E-state index in [0.29, 0.717) is 10.8 Å². The highest BCUT2D eigenvalue weighted by atomic mass is 35.5. The fourth-order valence-corrected chi connectivity index (χ4v) is 2.12. The molecule has 1 aromatic heterocycles. The molecule has 0 saturated heterocycles. The third-order valence-electron chi connectivity index (χ3n) is 3.03. The van der Waals surface area contributed by atoms with E-state index >= 15 is 0 Å². The molecular weight excluding hydrogens is 277 g/mol. The standard InChI is InChI=1S/C15H11ClFN3/c16-11-3-7-13(8-4-11)20-15(18)14(9-19-20)10-1-5-12(17)6-2-10/h1-9H,18H2. The zero-order chi connectivity index (χ0) is 14.1. The van der Waals surface area contributed by atoms with Gasteiger partial charge in [-0.15, -0.1) is 0 Å². The lowest BCUT2D eigenvalue weighted by molar-refractivity contribution is 0.628. The zero-order valence-electron chi connectivity index (χ0n) is 10.4. The number of hydrogen-bond donors (Lipinski definition) is 1. The molecule has 0 aliphatic heterocycles. The summed E-state index contributed by atoms with van der Waals surface area (Å²) in [5.41, 5.74) is 8.52. The highest BCUT2D eigenvalue weighted by Crippen LogP contribution is 2.28. The first kappa shape index (κ1) is 12.7. The van der Waals surface area contributed by atoms with Crippen LogP contribution >= 0.6 is 11.6 Å². The van der Waals surface area contributed by atoms with Crippen LogP contribution in [0.5, 0.6) is 0 Å². The third kappa shape index (κ3) is 2.26. The molecule has 0 unspecified atom stereocenters. The quantitative estimate of drug-likeness (QED) is 0.776. The van der Waals surface area contributed by atoms with Crippen molar-refractivity contribution in [3.8, 4) is 16.8 Å². The van der Waals surface area contributed by atoms with Gasteiger partial charge in [0.05, 0.1) is 11.9 Å². The molecule has 0 amide bonds. The fourth-order valence-electron chi connectivity index (χ4n) is 2.00. The van der Waals surface area contributed by atoms with Crippen LogP contribution < -0.4 is 5.73 Å². The van der Waals surface area contributed by atoms with Gasteiger partial charge in [0.15, 0.2) is 0 Å². The van der Waals surface area contributed by atoms with E-state index in [2.05, 4.69) is 5.10 Å². The van der Waals surface area contributed by atoms with Gasteiger partial charge in [-0.2, -0.15) is 5.10 Å². The monoisotopic (exact) mass is 287 g/mol. The summed E-state index contributed by atoms with van der Waals surface area (Å²) in [6.45, 7) is 0. The summed E-state index contributed by atoms with van der Waals surface area (Å²) in [4.78, 5) is 0. The van der Waals surface area contributed by atoms with Crippen molar-refractivity contribution in [3.63, 3.8) is 0 Å². The summed E-state index contributed by atoms with van der Waals surface area (Å²) >= 11 is 5.86. The van der Waals surface area contributed by atoms with Gasteiger partial charge in [-0.25, -0.2) is 9.07 Å². The Morgan fingerprint density at radius 3 is 2.30 bits per heavy atom. The van der Waals surface area contributed by atoms with Crippen molar-refractivity contribution < 1.29 is 4.39 Å². The Bertz CT molecular complexity index is 670. The van der Waals surface area contributed by atoms with Crippen molar-refractivity contribution in [2.45, 2.75) is 0 Å². The molecule has 20 heavy (non-hydrogen) atoms. The summed E-state index contributed by atoms with van der Waals surface area (Å²) < 4.78 is 14.6. The molecule has 0 spiro atoms. The van der Waals surface area contributed by atoms with Crippen molar-refractivity contribution in [1.82, 2.24) is 9.78 Å². The molecule has 5 heteroatoms. The van der Waals surface area contributed by atoms with Gasteiger partial charge in [-0.05, 0) is 42.0 Å². The van der Waals surface area contributed by atoms with Gasteiger partial charge in [0.1, 0.15) is 11.6 Å². The van der Waals surface area contributed by atoms with Crippen LogP contribution in [0.25, 0.3) is 16.8 Å². The Morgan fingerprint density at radius 2 is 1.65 bits per heavy atom. The van der Waals surface area contributed by atoms with Gasteiger partial charge in [0.25, 0.3) is 0 Å². The molecule has 2 N–H and O–H groups in total. The Balaban J connectivity index is 2.04. The number of rotatable bonds is 2. The molecule has 0 aliphatic rings. The van der Waals surface area contributed by atoms with Crippen molar-refractivity contribution >= 4 is 17.4 Å². The van der Waals surface area contributed by atoms with Gasteiger partial charge in [0.2, 0.25) is 0 Å². The van der Waals surface area contributed by atoms with Crippen LogP contribution in [-0.4, -0.2) is 9.78 Å². The van der Waals surface area contributed by atoms with Crippen LogP contribution in [0.3, 0.4) is 0 Å². The molecule has 0 fully saturated rings. The largest absolute Gasteiger partial charge is 0.383 e. The van der Waals surface area contributed by atoms with Gasteiger partial charge in [0, 0.05) is 10.6 Å². The Labute approximate surface area is 120 Å². The highest BCUT2D eigenvalue weighted by molar-refractivity contribution is 6.30. The average molecular weight is 288 g/mol. The minimum atomic E-state index is -0.280. The maximum absolute atomic E-state index is 12.9. The first-order valence-electron chi connectivity index (χ1n) is 6.00. The third-order valence-corrected chi connectivity index (χ3v) is 3.28. The molecule has 0 saturated carbocycles. The molecule has 0 aliphatic carbocycles. The fraction of sp³-hybridized carbons (Fsp3) is 0. The molecule has 1 heterocycles. The van der Waals surface area contributed by atoms with Gasteiger partial charge >= 0.3 is 0 Å². The van der Waals surface area contributed by atoms with E-state index in [0.717, 1.165) is 16.8 Å². The van der Waals surface area contributed by atoms with E-state index in [1.807, 2.05) is 12.1 Å². The first-order chi connectivity index (χ1) is 9.65. The smallest absolute Gasteiger partial charge is 0.135 e. The lowest BCUT2D eigenvalue weighted by Gasteiger charge is -2.05. The number of nitrogen functional groups attached to an aromatic ring is 1. The van der Waals surface area contributed by atoms with Crippen LogP contribution in [0.2, 0.25) is 5.02 Å². The number of anilines is 1. The number of nitrogens with two attached hydrogens (primary N) is 1. The van der Waals surface area contributed by atoms with Crippen LogP contribution in [0.1, 0.15) is 0 Å². The van der Waals surface area contributed by atoms with E-state index in [-0.39, 0.29) is 5.82 Å². The lowest BCUT2D eigenvalue weighted by atomic mass is 10.1. The predicted octanol–water partition coefficient (Wildman–Crippen LogP) is 3.91. The second-order valence-electron chi connectivity index (χ2n) is 4.34. The average Bonchev–Trinajstić information content (AvgIpc) is 2.83. The van der Waals surface area contributed by atoms with Crippen molar-refractivity contribution in [2.24, 2.45) is 0 Å². The molecule has 100 valence electrons. The maximum Gasteiger partial charge on any atom is 0.135 e. The molecule has 3 nitrogen and oxygen atoms in total. The number of benzene rings is 2. The SMILES string of the molecule is Nc1c(-c2ccc(F)cc2)cnn1-c1ccc(Cl)cc1. The Kier molecular flexibility index (Phi) is 3.16. The summed E-state index contributed by atoms with van der Waals surface area (Å²) in [6, 6.07) is 13.4. The topological polar surface area (TPSA) is 43.8 Å². The van der Waals surface area contributed by atoms with E-state index < -0.39 is 0 Å². The molecular formula is C15H11ClFN3. The van der Waals surface area contributed by atoms with E-state index in [9.17, 15) is 4.39 Å². The molecule has 3 aromatic rings. The number of halogens is 2. The molecule has 0 radical (unpaired) electrons. The summed E-state index contributed by atoms with van der Waals surface area (Å²) in [5.74, 6) is 0.219. The predicted molar refractivity (Wildman–Crippen MR) is 78.4 cm³/mol. The molecule has 0 bridgehead atoms. The van der Waals surface area contributed by atoms with Crippen LogP contribution in [-0.2, 0) is 0 Å². The van der Waals surface area contributed by atoms with Crippen molar-refractivity contribution in [3.05, 3.63) is 65.6 Å². The van der Waals surface area contributed by atoms with Gasteiger partial charge < -0.3 is 5.73 Å². The van der Waals surface area contributed by atoms with Crippen LogP contribution in [0, 0.1) is 5.82 Å².